The van der Waals surface area contributed by atoms with Crippen molar-refractivity contribution in [1.82, 2.24) is 9.78 Å². The summed E-state index contributed by atoms with van der Waals surface area (Å²) in [7, 11) is 1.95. The molecule has 0 fully saturated rings. The lowest BCUT2D eigenvalue weighted by molar-refractivity contribution is 0.301. The molecule has 108 valence electrons. The van der Waals surface area contributed by atoms with Crippen LogP contribution in [0.25, 0.3) is 10.9 Å². The molecule has 3 rings (SSSR count). The molecule has 4 nitrogen and oxygen atoms in total. The molecule has 4 heteroatoms. The van der Waals surface area contributed by atoms with Crippen LogP contribution >= 0.6 is 0 Å². The van der Waals surface area contributed by atoms with Crippen molar-refractivity contribution in [3.05, 3.63) is 59.8 Å². The van der Waals surface area contributed by atoms with Gasteiger partial charge in [-0.05, 0) is 30.7 Å². The second kappa shape index (κ2) is 5.58. The highest BCUT2D eigenvalue weighted by atomic mass is 16.5. The van der Waals surface area contributed by atoms with Gasteiger partial charge in [0.05, 0.1) is 5.52 Å². The van der Waals surface area contributed by atoms with Crippen LogP contribution < -0.4 is 10.5 Å². The van der Waals surface area contributed by atoms with Crippen molar-refractivity contribution in [3.8, 4) is 5.75 Å². The Morgan fingerprint density at radius 3 is 2.57 bits per heavy atom. The summed E-state index contributed by atoms with van der Waals surface area (Å²) in [6.07, 6.45) is 0. The van der Waals surface area contributed by atoms with Crippen molar-refractivity contribution in [2.75, 3.05) is 0 Å². The fraction of sp³-hybridized carbons (Fsp3) is 0.235. The highest BCUT2D eigenvalue weighted by Gasteiger charge is 2.08. The van der Waals surface area contributed by atoms with Gasteiger partial charge in [0, 0.05) is 18.5 Å². The maximum Gasteiger partial charge on any atom is 0.133 e. The fourth-order valence-corrected chi connectivity index (χ4v) is 2.41. The topological polar surface area (TPSA) is 53.1 Å². The standard InChI is InChI=1S/C17H19N3O/c1-12(18)13-7-9-14(10-8-13)21-11-16-15-5-3-4-6-17(15)20(2)19-16/h3-10,12H,11,18H2,1-2H3. The van der Waals surface area contributed by atoms with E-state index in [1.807, 2.05) is 55.1 Å². The second-order valence-electron chi connectivity index (χ2n) is 5.23. The molecule has 2 N–H and O–H groups in total. The van der Waals surface area contributed by atoms with Crippen LogP contribution in [0.4, 0.5) is 0 Å². The van der Waals surface area contributed by atoms with Gasteiger partial charge < -0.3 is 10.5 Å². The number of rotatable bonds is 4. The maximum absolute atomic E-state index is 5.84. The summed E-state index contributed by atoms with van der Waals surface area (Å²) in [4.78, 5) is 0. The molecular formula is C17H19N3O. The molecule has 0 spiro atoms. The average Bonchev–Trinajstić information content (AvgIpc) is 2.83. The molecule has 0 aliphatic rings. The molecule has 1 heterocycles. The SMILES string of the molecule is CC(N)c1ccc(OCc2nn(C)c3ccccc23)cc1. The Morgan fingerprint density at radius 1 is 1.14 bits per heavy atom. The van der Waals surface area contributed by atoms with E-state index in [2.05, 4.69) is 17.2 Å². The van der Waals surface area contributed by atoms with E-state index in [9.17, 15) is 0 Å². The van der Waals surface area contributed by atoms with Gasteiger partial charge >= 0.3 is 0 Å². The molecule has 0 saturated heterocycles. The van der Waals surface area contributed by atoms with Crippen LogP contribution in [0.2, 0.25) is 0 Å². The van der Waals surface area contributed by atoms with E-state index in [1.54, 1.807) is 0 Å². The minimum atomic E-state index is 0.0405. The Morgan fingerprint density at radius 2 is 1.86 bits per heavy atom. The lowest BCUT2D eigenvalue weighted by Crippen LogP contribution is -2.04. The first-order valence-electron chi connectivity index (χ1n) is 7.04. The number of para-hydroxylation sites is 1. The summed E-state index contributed by atoms with van der Waals surface area (Å²) >= 11 is 0. The number of nitrogens with zero attached hydrogens (tertiary/aromatic N) is 2. The third-order valence-electron chi connectivity index (χ3n) is 3.62. The first-order chi connectivity index (χ1) is 10.1. The number of hydrogen-bond acceptors (Lipinski definition) is 3. The van der Waals surface area contributed by atoms with Crippen molar-refractivity contribution in [3.63, 3.8) is 0 Å². The quantitative estimate of drug-likeness (QED) is 0.799. The summed E-state index contributed by atoms with van der Waals surface area (Å²) in [5.74, 6) is 0.828. The number of fused-ring (bicyclic) bond motifs is 1. The van der Waals surface area contributed by atoms with Gasteiger partial charge in [0.1, 0.15) is 18.1 Å². The Bertz CT molecular complexity index is 744. The third-order valence-corrected chi connectivity index (χ3v) is 3.62. The highest BCUT2D eigenvalue weighted by Crippen LogP contribution is 2.21. The van der Waals surface area contributed by atoms with Crippen LogP contribution in [0.3, 0.4) is 0 Å². The molecule has 1 aromatic heterocycles. The van der Waals surface area contributed by atoms with E-state index in [0.29, 0.717) is 6.61 Å². The first-order valence-corrected chi connectivity index (χ1v) is 7.04. The molecule has 0 radical (unpaired) electrons. The van der Waals surface area contributed by atoms with Crippen LogP contribution in [0.1, 0.15) is 24.2 Å². The molecule has 0 bridgehead atoms. The smallest absolute Gasteiger partial charge is 0.133 e. The molecule has 1 unspecified atom stereocenters. The highest BCUT2D eigenvalue weighted by molar-refractivity contribution is 5.81. The van der Waals surface area contributed by atoms with Crippen LogP contribution in [-0.2, 0) is 13.7 Å². The van der Waals surface area contributed by atoms with E-state index in [1.165, 1.54) is 0 Å². The molecule has 0 amide bonds. The van der Waals surface area contributed by atoms with Crippen LogP contribution in [0.15, 0.2) is 48.5 Å². The summed E-state index contributed by atoms with van der Waals surface area (Å²) in [6.45, 7) is 2.43. The van der Waals surface area contributed by atoms with Gasteiger partial charge in [-0.2, -0.15) is 5.10 Å². The first kappa shape index (κ1) is 13.6. The zero-order chi connectivity index (χ0) is 14.8. The molecule has 0 aliphatic heterocycles. The molecule has 3 aromatic rings. The van der Waals surface area contributed by atoms with Gasteiger partial charge in [-0.25, -0.2) is 0 Å². The number of aryl methyl sites for hydroxylation is 1. The van der Waals surface area contributed by atoms with Crippen molar-refractivity contribution in [2.45, 2.75) is 19.6 Å². The Balaban J connectivity index is 1.77. The van der Waals surface area contributed by atoms with Crippen LogP contribution in [-0.4, -0.2) is 9.78 Å². The summed E-state index contributed by atoms with van der Waals surface area (Å²) in [5, 5.41) is 5.65. The van der Waals surface area contributed by atoms with E-state index in [-0.39, 0.29) is 6.04 Å². The van der Waals surface area contributed by atoms with E-state index in [0.717, 1.165) is 27.9 Å². The van der Waals surface area contributed by atoms with Crippen molar-refractivity contribution >= 4 is 10.9 Å². The predicted molar refractivity (Wildman–Crippen MR) is 84.1 cm³/mol. The van der Waals surface area contributed by atoms with Crippen molar-refractivity contribution < 1.29 is 4.74 Å². The normalized spacial score (nSPS) is 12.5. The molecule has 2 aromatic carbocycles. The number of ether oxygens (including phenoxy) is 1. The minimum Gasteiger partial charge on any atom is -0.487 e. The van der Waals surface area contributed by atoms with Gasteiger partial charge in [-0.1, -0.05) is 30.3 Å². The van der Waals surface area contributed by atoms with Crippen molar-refractivity contribution in [1.29, 1.82) is 0 Å². The van der Waals surface area contributed by atoms with Gasteiger partial charge in [0.25, 0.3) is 0 Å². The van der Waals surface area contributed by atoms with Crippen molar-refractivity contribution in [2.24, 2.45) is 12.8 Å². The summed E-state index contributed by atoms with van der Waals surface area (Å²) < 4.78 is 7.71. The predicted octanol–water partition coefficient (Wildman–Crippen LogP) is 3.17. The summed E-state index contributed by atoms with van der Waals surface area (Å²) in [6, 6.07) is 16.1. The molecule has 0 saturated carbocycles. The average molecular weight is 281 g/mol. The van der Waals surface area contributed by atoms with Crippen LogP contribution in [0, 0.1) is 0 Å². The Labute approximate surface area is 124 Å². The van der Waals surface area contributed by atoms with Gasteiger partial charge in [0.2, 0.25) is 0 Å². The molecule has 21 heavy (non-hydrogen) atoms. The van der Waals surface area contributed by atoms with Gasteiger partial charge in [-0.3, -0.25) is 4.68 Å². The fourth-order valence-electron chi connectivity index (χ4n) is 2.41. The van der Waals surface area contributed by atoms with E-state index in [4.69, 9.17) is 10.5 Å². The Hall–Kier alpha value is -2.33. The number of aromatic nitrogens is 2. The third kappa shape index (κ3) is 2.76. The molecule has 1 atom stereocenters. The Kier molecular flexibility index (Phi) is 3.62. The van der Waals surface area contributed by atoms with Gasteiger partial charge in [-0.15, -0.1) is 0 Å². The maximum atomic E-state index is 5.84. The van der Waals surface area contributed by atoms with Crippen LogP contribution in [0.5, 0.6) is 5.75 Å². The lowest BCUT2D eigenvalue weighted by atomic mass is 10.1. The molecular weight excluding hydrogens is 262 g/mol. The zero-order valence-corrected chi connectivity index (χ0v) is 12.3. The number of nitrogens with two attached hydrogens (primary N) is 1. The number of benzene rings is 2. The lowest BCUT2D eigenvalue weighted by Gasteiger charge is -2.08. The zero-order valence-electron chi connectivity index (χ0n) is 12.3. The van der Waals surface area contributed by atoms with E-state index >= 15 is 0 Å². The second-order valence-corrected chi connectivity index (χ2v) is 5.23. The monoisotopic (exact) mass is 281 g/mol. The number of hydrogen-bond donors (Lipinski definition) is 1. The minimum absolute atomic E-state index is 0.0405. The molecule has 0 aliphatic carbocycles. The van der Waals surface area contributed by atoms with Gasteiger partial charge in [0.15, 0.2) is 0 Å². The summed E-state index contributed by atoms with van der Waals surface area (Å²) in [5.41, 5.74) is 9.01. The van der Waals surface area contributed by atoms with E-state index < -0.39 is 0 Å². The largest absolute Gasteiger partial charge is 0.487 e.